The van der Waals surface area contributed by atoms with E-state index < -0.39 is 0 Å². The van der Waals surface area contributed by atoms with E-state index in [1.54, 1.807) is 7.11 Å². The number of hydrogen-bond donors (Lipinski definition) is 1. The number of aromatic nitrogens is 2. The van der Waals surface area contributed by atoms with Crippen LogP contribution in [0.5, 0.6) is 5.75 Å². The van der Waals surface area contributed by atoms with E-state index in [-0.39, 0.29) is 5.91 Å². The summed E-state index contributed by atoms with van der Waals surface area (Å²) in [4.78, 5) is 21.6. The van der Waals surface area contributed by atoms with Gasteiger partial charge in [0.15, 0.2) is 0 Å². The molecule has 2 heterocycles. The number of piperazine rings is 1. The molecule has 1 amide bonds. The van der Waals surface area contributed by atoms with Crippen molar-refractivity contribution in [1.82, 2.24) is 15.0 Å². The van der Waals surface area contributed by atoms with Gasteiger partial charge in [0.1, 0.15) is 5.75 Å². The van der Waals surface area contributed by atoms with Gasteiger partial charge in [-0.3, -0.25) is 4.79 Å². The van der Waals surface area contributed by atoms with Crippen molar-refractivity contribution in [2.45, 2.75) is 26.2 Å². The van der Waals surface area contributed by atoms with Crippen molar-refractivity contribution in [2.24, 2.45) is 0 Å². The maximum atomic E-state index is 12.4. The van der Waals surface area contributed by atoms with Gasteiger partial charge in [-0.25, -0.2) is 0 Å². The molecule has 0 atom stereocenters. The summed E-state index contributed by atoms with van der Waals surface area (Å²) in [7, 11) is 3.78. The zero-order chi connectivity index (χ0) is 23.2. The molecule has 0 saturated carbocycles. The number of carbonyl (C=O) groups is 1. The van der Waals surface area contributed by atoms with Gasteiger partial charge in [-0.1, -0.05) is 5.16 Å². The van der Waals surface area contributed by atoms with E-state index in [2.05, 4.69) is 45.3 Å². The Kier molecular flexibility index (Phi) is 7.24. The van der Waals surface area contributed by atoms with Gasteiger partial charge in [0.05, 0.1) is 7.11 Å². The molecule has 8 nitrogen and oxygen atoms in total. The van der Waals surface area contributed by atoms with Crippen LogP contribution >= 0.6 is 0 Å². The lowest BCUT2D eigenvalue weighted by molar-refractivity contribution is -0.116. The number of anilines is 2. The van der Waals surface area contributed by atoms with Gasteiger partial charge in [-0.15, -0.1) is 0 Å². The number of benzene rings is 2. The van der Waals surface area contributed by atoms with Gasteiger partial charge in [-0.05, 0) is 68.4 Å². The van der Waals surface area contributed by atoms with Crippen LogP contribution in [0, 0.1) is 6.92 Å². The number of ether oxygens (including phenoxy) is 1. The number of nitrogens with zero attached hydrogens (tertiary/aromatic N) is 4. The third-order valence-corrected chi connectivity index (χ3v) is 5.94. The molecular formula is C25H31N5O3. The first-order valence-electron chi connectivity index (χ1n) is 11.3. The molecule has 1 aliphatic heterocycles. The molecule has 0 radical (unpaired) electrons. The van der Waals surface area contributed by atoms with Crippen LogP contribution in [0.25, 0.3) is 11.4 Å². The fourth-order valence-electron chi connectivity index (χ4n) is 3.97. The monoisotopic (exact) mass is 449 g/mol. The first-order chi connectivity index (χ1) is 16.0. The molecule has 8 heteroatoms. The van der Waals surface area contributed by atoms with Crippen molar-refractivity contribution in [3.63, 3.8) is 0 Å². The van der Waals surface area contributed by atoms with E-state index in [0.717, 1.165) is 43.2 Å². The van der Waals surface area contributed by atoms with E-state index in [1.807, 2.05) is 36.4 Å². The summed E-state index contributed by atoms with van der Waals surface area (Å²) in [6, 6.07) is 13.6. The molecule has 0 bridgehead atoms. The van der Waals surface area contributed by atoms with Crippen molar-refractivity contribution in [3.05, 3.63) is 53.9 Å². The van der Waals surface area contributed by atoms with Crippen LogP contribution in [-0.2, 0) is 11.2 Å². The number of methoxy groups -OCH3 is 1. The smallest absolute Gasteiger partial charge is 0.226 e. The Bertz CT molecular complexity index is 1070. The summed E-state index contributed by atoms with van der Waals surface area (Å²) in [5, 5.41) is 7.04. The highest BCUT2D eigenvalue weighted by Gasteiger charge is 2.16. The zero-order valence-corrected chi connectivity index (χ0v) is 19.5. The van der Waals surface area contributed by atoms with Gasteiger partial charge in [0, 0.05) is 56.0 Å². The van der Waals surface area contributed by atoms with Crippen LogP contribution < -0.4 is 15.0 Å². The Morgan fingerprint density at radius 1 is 1.12 bits per heavy atom. The fraction of sp³-hybridized carbons (Fsp3) is 0.400. The predicted octanol–water partition coefficient (Wildman–Crippen LogP) is 3.77. The number of likely N-dealkylation sites (N-methyl/N-ethyl adjacent to an activating group) is 1. The maximum Gasteiger partial charge on any atom is 0.226 e. The number of aryl methyl sites for hydroxylation is 2. The second-order valence-corrected chi connectivity index (χ2v) is 8.43. The van der Waals surface area contributed by atoms with Crippen LogP contribution in [0.15, 0.2) is 47.0 Å². The van der Waals surface area contributed by atoms with E-state index >= 15 is 0 Å². The molecule has 2 aromatic carbocycles. The SMILES string of the molecule is COc1ccc(-c2noc(CCCC(=O)Nc3ccc(N4CCN(C)CC4)c(C)c3)n2)cc1. The molecule has 1 aromatic heterocycles. The molecule has 0 aliphatic carbocycles. The topological polar surface area (TPSA) is 83.7 Å². The number of hydrogen-bond acceptors (Lipinski definition) is 7. The lowest BCUT2D eigenvalue weighted by Gasteiger charge is -2.35. The normalized spacial score (nSPS) is 14.3. The summed E-state index contributed by atoms with van der Waals surface area (Å²) >= 11 is 0. The van der Waals surface area contributed by atoms with E-state index in [0.29, 0.717) is 31.0 Å². The van der Waals surface area contributed by atoms with Crippen LogP contribution in [-0.4, -0.2) is 61.3 Å². The third-order valence-electron chi connectivity index (χ3n) is 5.94. The van der Waals surface area contributed by atoms with Crippen molar-refractivity contribution >= 4 is 17.3 Å². The second-order valence-electron chi connectivity index (χ2n) is 8.43. The highest BCUT2D eigenvalue weighted by atomic mass is 16.5. The Morgan fingerprint density at radius 3 is 2.58 bits per heavy atom. The molecule has 174 valence electrons. The van der Waals surface area contributed by atoms with Gasteiger partial charge in [-0.2, -0.15) is 4.98 Å². The molecule has 1 saturated heterocycles. The molecular weight excluding hydrogens is 418 g/mol. The van der Waals surface area contributed by atoms with E-state index in [4.69, 9.17) is 9.26 Å². The summed E-state index contributed by atoms with van der Waals surface area (Å²) in [5.74, 6) is 1.82. The Balaban J connectivity index is 1.25. The van der Waals surface area contributed by atoms with Crippen LogP contribution in [0.2, 0.25) is 0 Å². The Labute approximate surface area is 194 Å². The number of carbonyl (C=O) groups excluding carboxylic acids is 1. The average molecular weight is 450 g/mol. The average Bonchev–Trinajstić information content (AvgIpc) is 3.29. The first kappa shape index (κ1) is 22.8. The maximum absolute atomic E-state index is 12.4. The van der Waals surface area contributed by atoms with Crippen molar-refractivity contribution in [3.8, 4) is 17.1 Å². The van der Waals surface area contributed by atoms with Crippen LogP contribution in [0.3, 0.4) is 0 Å². The summed E-state index contributed by atoms with van der Waals surface area (Å²) in [5.41, 5.74) is 4.10. The minimum Gasteiger partial charge on any atom is -0.497 e. The van der Waals surface area contributed by atoms with Crippen molar-refractivity contribution < 1.29 is 14.1 Å². The lowest BCUT2D eigenvalue weighted by Crippen LogP contribution is -2.44. The highest BCUT2D eigenvalue weighted by Crippen LogP contribution is 2.25. The summed E-state index contributed by atoms with van der Waals surface area (Å²) < 4.78 is 10.5. The predicted molar refractivity (Wildman–Crippen MR) is 129 cm³/mol. The molecule has 1 fully saturated rings. The number of rotatable bonds is 8. The first-order valence-corrected chi connectivity index (χ1v) is 11.3. The van der Waals surface area contributed by atoms with E-state index in [1.165, 1.54) is 11.3 Å². The standard InChI is InChI=1S/C25H31N5O3/c1-18-17-20(9-12-22(18)30-15-13-29(2)14-16-30)26-23(31)5-4-6-24-27-25(28-33-24)19-7-10-21(32-3)11-8-19/h7-12,17H,4-6,13-16H2,1-3H3,(H,26,31). The zero-order valence-electron chi connectivity index (χ0n) is 19.5. The molecule has 3 aromatic rings. The Hall–Kier alpha value is -3.39. The summed E-state index contributed by atoms with van der Waals surface area (Å²) in [6.45, 7) is 6.29. The molecule has 1 aliphatic rings. The second kappa shape index (κ2) is 10.5. The van der Waals surface area contributed by atoms with Crippen molar-refractivity contribution in [1.29, 1.82) is 0 Å². The molecule has 33 heavy (non-hydrogen) atoms. The van der Waals surface area contributed by atoms with Crippen LogP contribution in [0.1, 0.15) is 24.3 Å². The fourth-order valence-corrected chi connectivity index (χ4v) is 3.97. The number of nitrogens with one attached hydrogen (secondary N) is 1. The quantitative estimate of drug-likeness (QED) is 0.560. The molecule has 1 N–H and O–H groups in total. The third kappa shape index (κ3) is 5.90. The van der Waals surface area contributed by atoms with E-state index in [9.17, 15) is 4.79 Å². The highest BCUT2D eigenvalue weighted by molar-refractivity contribution is 5.91. The lowest BCUT2D eigenvalue weighted by atomic mass is 10.1. The van der Waals surface area contributed by atoms with Gasteiger partial charge >= 0.3 is 0 Å². The van der Waals surface area contributed by atoms with Crippen molar-refractivity contribution in [2.75, 3.05) is 50.6 Å². The summed E-state index contributed by atoms with van der Waals surface area (Å²) in [6.07, 6.45) is 1.58. The molecule has 0 spiro atoms. The van der Waals surface area contributed by atoms with Crippen LogP contribution in [0.4, 0.5) is 11.4 Å². The van der Waals surface area contributed by atoms with Gasteiger partial charge in [0.25, 0.3) is 0 Å². The number of amides is 1. The molecule has 0 unspecified atom stereocenters. The minimum absolute atomic E-state index is 0.0170. The largest absolute Gasteiger partial charge is 0.497 e. The molecule has 4 rings (SSSR count). The minimum atomic E-state index is -0.0170. The van der Waals surface area contributed by atoms with Gasteiger partial charge in [0.2, 0.25) is 17.6 Å². The van der Waals surface area contributed by atoms with Gasteiger partial charge < -0.3 is 24.4 Å². The Morgan fingerprint density at radius 2 is 1.88 bits per heavy atom.